The zero-order valence-corrected chi connectivity index (χ0v) is 18.4. The fraction of sp³-hybridized carbons (Fsp3) is 0.520. The monoisotopic (exact) mass is 416 g/mol. The van der Waals surface area contributed by atoms with Crippen molar-refractivity contribution in [1.82, 2.24) is 24.6 Å². The number of nitrogens with one attached hydrogen (secondary N) is 1. The smallest absolute Gasteiger partial charge is 0.138 e. The van der Waals surface area contributed by atoms with Gasteiger partial charge in [-0.2, -0.15) is 0 Å². The zero-order valence-electron chi connectivity index (χ0n) is 18.4. The Kier molecular flexibility index (Phi) is 4.92. The van der Waals surface area contributed by atoms with Crippen molar-refractivity contribution in [2.24, 2.45) is 0 Å². The molecule has 6 nitrogen and oxygen atoms in total. The highest BCUT2D eigenvalue weighted by molar-refractivity contribution is 5.53. The van der Waals surface area contributed by atoms with Gasteiger partial charge in [-0.3, -0.25) is 9.38 Å². The first kappa shape index (κ1) is 19.3. The number of hydrogen-bond acceptors (Lipinski definition) is 5. The second-order valence-corrected chi connectivity index (χ2v) is 9.52. The number of likely N-dealkylation sites (N-methyl/N-ethyl adjacent to an activating group) is 1. The summed E-state index contributed by atoms with van der Waals surface area (Å²) < 4.78 is 2.29. The summed E-state index contributed by atoms with van der Waals surface area (Å²) >= 11 is 0. The van der Waals surface area contributed by atoms with E-state index in [1.807, 2.05) is 6.20 Å². The molecule has 2 atom stereocenters. The van der Waals surface area contributed by atoms with Crippen molar-refractivity contribution in [2.75, 3.05) is 38.1 Å². The summed E-state index contributed by atoms with van der Waals surface area (Å²) in [6.07, 6.45) is 10.4. The summed E-state index contributed by atoms with van der Waals surface area (Å²) in [6, 6.07) is 11.5. The molecule has 6 rings (SSSR count). The van der Waals surface area contributed by atoms with Crippen LogP contribution in [0.25, 0.3) is 5.65 Å². The average Bonchev–Trinajstić information content (AvgIpc) is 3.57. The normalized spacial score (nSPS) is 25.3. The Morgan fingerprint density at radius 3 is 2.61 bits per heavy atom. The molecule has 1 N–H and O–H groups in total. The Hall–Kier alpha value is -2.44. The van der Waals surface area contributed by atoms with Crippen LogP contribution in [0.3, 0.4) is 0 Å². The van der Waals surface area contributed by atoms with Crippen LogP contribution in [0.1, 0.15) is 67.1 Å². The highest BCUT2D eigenvalue weighted by atomic mass is 15.3. The Labute approximate surface area is 184 Å². The third kappa shape index (κ3) is 3.72. The van der Waals surface area contributed by atoms with E-state index in [2.05, 4.69) is 63.1 Å². The molecule has 5 heterocycles. The lowest BCUT2D eigenvalue weighted by atomic mass is 9.92. The minimum Gasteiger partial charge on any atom is -0.355 e. The molecule has 1 aliphatic carbocycles. The molecule has 31 heavy (non-hydrogen) atoms. The summed E-state index contributed by atoms with van der Waals surface area (Å²) in [4.78, 5) is 14.8. The Balaban J connectivity index is 1.27. The number of pyridine rings is 2. The molecule has 3 aromatic heterocycles. The summed E-state index contributed by atoms with van der Waals surface area (Å²) in [5.74, 6) is 1.99. The maximum Gasteiger partial charge on any atom is 0.138 e. The van der Waals surface area contributed by atoms with E-state index >= 15 is 0 Å². The topological polar surface area (TPSA) is 48.7 Å². The Morgan fingerprint density at radius 1 is 0.935 bits per heavy atom. The van der Waals surface area contributed by atoms with Gasteiger partial charge in [0.1, 0.15) is 11.5 Å². The fourth-order valence-corrected chi connectivity index (χ4v) is 5.32. The number of anilines is 1. The average molecular weight is 417 g/mol. The molecule has 0 amide bonds. The van der Waals surface area contributed by atoms with Crippen molar-refractivity contribution < 1.29 is 0 Å². The molecular formula is C25H32N6. The van der Waals surface area contributed by atoms with Crippen LogP contribution in [0.4, 0.5) is 5.82 Å². The van der Waals surface area contributed by atoms with E-state index in [1.165, 1.54) is 36.3 Å². The highest BCUT2D eigenvalue weighted by Gasteiger charge is 2.32. The Morgan fingerprint density at radius 2 is 1.77 bits per heavy atom. The van der Waals surface area contributed by atoms with Crippen LogP contribution < -0.4 is 10.2 Å². The van der Waals surface area contributed by atoms with Crippen molar-refractivity contribution in [2.45, 2.75) is 50.1 Å². The van der Waals surface area contributed by atoms with E-state index in [1.54, 1.807) is 0 Å². The third-order valence-electron chi connectivity index (χ3n) is 7.28. The molecule has 0 unspecified atom stereocenters. The van der Waals surface area contributed by atoms with Crippen LogP contribution in [0.5, 0.6) is 0 Å². The van der Waals surface area contributed by atoms with Gasteiger partial charge in [0.15, 0.2) is 0 Å². The predicted molar refractivity (Wildman–Crippen MR) is 124 cm³/mol. The largest absolute Gasteiger partial charge is 0.355 e. The van der Waals surface area contributed by atoms with Gasteiger partial charge in [-0.1, -0.05) is 12.1 Å². The van der Waals surface area contributed by atoms with Crippen molar-refractivity contribution in [3.63, 3.8) is 0 Å². The molecule has 2 saturated heterocycles. The van der Waals surface area contributed by atoms with Crippen LogP contribution >= 0.6 is 0 Å². The first-order chi connectivity index (χ1) is 15.3. The lowest BCUT2D eigenvalue weighted by Crippen LogP contribution is -2.45. The fourth-order valence-electron chi connectivity index (χ4n) is 5.32. The minimum atomic E-state index is 0.285. The van der Waals surface area contributed by atoms with Crippen molar-refractivity contribution in [3.8, 4) is 0 Å². The van der Waals surface area contributed by atoms with Crippen molar-refractivity contribution in [3.05, 3.63) is 59.7 Å². The summed E-state index contributed by atoms with van der Waals surface area (Å²) in [5.41, 5.74) is 4.95. The van der Waals surface area contributed by atoms with Crippen LogP contribution in [0, 0.1) is 0 Å². The van der Waals surface area contributed by atoms with E-state index in [0.29, 0.717) is 6.04 Å². The van der Waals surface area contributed by atoms with Gasteiger partial charge in [0.05, 0.1) is 23.5 Å². The summed E-state index contributed by atoms with van der Waals surface area (Å²) in [5, 5.41) is 3.92. The Bertz CT molecular complexity index is 1060. The quantitative estimate of drug-likeness (QED) is 0.699. The van der Waals surface area contributed by atoms with Gasteiger partial charge in [-0.25, -0.2) is 4.98 Å². The van der Waals surface area contributed by atoms with Gasteiger partial charge in [-0.05, 0) is 68.8 Å². The van der Waals surface area contributed by atoms with Gasteiger partial charge in [0.2, 0.25) is 0 Å². The highest BCUT2D eigenvalue weighted by Crippen LogP contribution is 2.44. The van der Waals surface area contributed by atoms with Gasteiger partial charge in [-0.15, -0.1) is 0 Å². The van der Waals surface area contributed by atoms with E-state index in [9.17, 15) is 0 Å². The molecule has 1 saturated carbocycles. The number of hydrogen-bond donors (Lipinski definition) is 1. The van der Waals surface area contributed by atoms with E-state index < -0.39 is 0 Å². The minimum absolute atomic E-state index is 0.285. The van der Waals surface area contributed by atoms with Gasteiger partial charge < -0.3 is 15.1 Å². The van der Waals surface area contributed by atoms with Crippen LogP contribution in [-0.4, -0.2) is 52.5 Å². The molecule has 162 valence electrons. The SMILES string of the molecule is CN1CCN(c2cccc3nc([C@H]4CCC[C@@H](c5ncccc5C5CC5)N4)cn23)CC1. The molecule has 3 fully saturated rings. The molecule has 3 aromatic rings. The third-order valence-corrected chi connectivity index (χ3v) is 7.28. The lowest BCUT2D eigenvalue weighted by Gasteiger charge is -2.34. The summed E-state index contributed by atoms with van der Waals surface area (Å²) in [6.45, 7) is 4.35. The number of imidazole rings is 1. The predicted octanol–water partition coefficient (Wildman–Crippen LogP) is 3.91. The molecule has 0 aromatic carbocycles. The molecular weight excluding hydrogens is 384 g/mol. The standard InChI is InChI=1S/C25H32N6/c1-29-13-15-30(16-14-29)24-9-3-8-23-28-22(17-31(23)24)20-6-2-7-21(27-20)25-19(18-10-11-18)5-4-12-26-25/h3-5,8-9,12,17-18,20-21,27H,2,6-7,10-11,13-16H2,1H3/t20-,21+/m1/s1. The van der Waals surface area contributed by atoms with E-state index in [0.717, 1.165) is 56.3 Å². The number of aromatic nitrogens is 3. The van der Waals surface area contributed by atoms with E-state index in [-0.39, 0.29) is 6.04 Å². The molecule has 3 aliphatic rings. The number of piperidine rings is 1. The summed E-state index contributed by atoms with van der Waals surface area (Å²) in [7, 11) is 2.20. The molecule has 2 aliphatic heterocycles. The first-order valence-electron chi connectivity index (χ1n) is 11.9. The number of fused-ring (bicyclic) bond motifs is 1. The number of piperazine rings is 1. The molecule has 0 bridgehead atoms. The van der Waals surface area contributed by atoms with Crippen molar-refractivity contribution >= 4 is 11.5 Å². The molecule has 6 heteroatoms. The van der Waals surface area contributed by atoms with Gasteiger partial charge in [0.25, 0.3) is 0 Å². The maximum absolute atomic E-state index is 5.05. The second kappa shape index (κ2) is 7.92. The van der Waals surface area contributed by atoms with Gasteiger partial charge >= 0.3 is 0 Å². The van der Waals surface area contributed by atoms with E-state index in [4.69, 9.17) is 9.97 Å². The van der Waals surface area contributed by atoms with Gasteiger partial charge in [0, 0.05) is 38.6 Å². The van der Waals surface area contributed by atoms with Crippen molar-refractivity contribution in [1.29, 1.82) is 0 Å². The zero-order chi connectivity index (χ0) is 20.8. The molecule has 0 radical (unpaired) electrons. The first-order valence-corrected chi connectivity index (χ1v) is 11.9. The lowest BCUT2D eigenvalue weighted by molar-refractivity contribution is 0.311. The second-order valence-electron chi connectivity index (χ2n) is 9.52. The van der Waals surface area contributed by atoms with Crippen LogP contribution in [-0.2, 0) is 0 Å². The maximum atomic E-state index is 5.05. The number of nitrogens with zero attached hydrogens (tertiary/aromatic N) is 5. The van der Waals surface area contributed by atoms with Crippen LogP contribution in [0.2, 0.25) is 0 Å². The van der Waals surface area contributed by atoms with Crippen LogP contribution in [0.15, 0.2) is 42.7 Å². The molecule has 0 spiro atoms. The number of rotatable bonds is 4.